The number of hydrogen-bond donors (Lipinski definition) is 1. The molecule has 0 saturated carbocycles. The van der Waals surface area contributed by atoms with Crippen LogP contribution in [0.1, 0.15) is 24.8 Å². The normalized spacial score (nSPS) is 21.4. The molecule has 0 aliphatic carbocycles. The van der Waals surface area contributed by atoms with Crippen LogP contribution in [0.25, 0.3) is 0 Å². The second kappa shape index (κ2) is 12.8. The first-order chi connectivity index (χ1) is 14.2. The van der Waals surface area contributed by atoms with E-state index in [0.29, 0.717) is 19.1 Å². The van der Waals surface area contributed by atoms with E-state index in [2.05, 4.69) is 15.2 Å². The molecule has 0 aromatic heterocycles. The Labute approximate surface area is 196 Å². The van der Waals surface area contributed by atoms with Crippen LogP contribution in [-0.2, 0) is 19.6 Å². The Kier molecular flexibility index (Phi) is 10.8. The average molecular weight is 535 g/mol. The van der Waals surface area contributed by atoms with E-state index in [1.165, 1.54) is 0 Å². The molecule has 170 valence electrons. The van der Waals surface area contributed by atoms with Gasteiger partial charge >= 0.3 is 0 Å². The van der Waals surface area contributed by atoms with Crippen LogP contribution in [0.2, 0.25) is 0 Å². The van der Waals surface area contributed by atoms with Gasteiger partial charge in [-0.3, -0.25) is 4.99 Å². The Morgan fingerprint density at radius 1 is 1.27 bits per heavy atom. The van der Waals surface area contributed by atoms with Crippen LogP contribution in [0.5, 0.6) is 0 Å². The maximum absolute atomic E-state index is 13.4. The van der Waals surface area contributed by atoms with Crippen LogP contribution in [-0.4, -0.2) is 77.7 Å². The molecule has 30 heavy (non-hydrogen) atoms. The molecule has 0 bridgehead atoms. The number of hydrogen-bond acceptors (Lipinski definition) is 4. The lowest BCUT2D eigenvalue weighted by atomic mass is 9.74. The third kappa shape index (κ3) is 6.77. The summed E-state index contributed by atoms with van der Waals surface area (Å²) in [6.07, 6.45) is 2.93. The summed E-state index contributed by atoms with van der Waals surface area (Å²) in [5.41, 5.74) is 1.10. The van der Waals surface area contributed by atoms with Gasteiger partial charge in [0.15, 0.2) is 5.96 Å². The number of nitrogens with one attached hydrogen (secondary N) is 1. The van der Waals surface area contributed by atoms with Crippen LogP contribution in [0.3, 0.4) is 0 Å². The van der Waals surface area contributed by atoms with E-state index >= 15 is 0 Å². The summed E-state index contributed by atoms with van der Waals surface area (Å²) in [7, 11) is 3.52. The standard InChI is InChI=1S/C22H34FN3O3.HI/c1-24-21(26-10-7-18(15-26)16-29-14-13-27-2)25-17-22(8-11-28-12-9-22)19-3-5-20(23)6-4-19;/h3-6,18H,7-17H2,1-2H3,(H,24,25);1H. The molecule has 2 aliphatic rings. The number of halogens is 2. The van der Waals surface area contributed by atoms with E-state index in [0.717, 1.165) is 70.2 Å². The van der Waals surface area contributed by atoms with E-state index < -0.39 is 0 Å². The average Bonchev–Trinajstić information content (AvgIpc) is 3.21. The molecule has 0 amide bonds. The first-order valence-electron chi connectivity index (χ1n) is 10.5. The fourth-order valence-electron chi connectivity index (χ4n) is 4.27. The third-order valence-corrected chi connectivity index (χ3v) is 6.07. The molecule has 0 radical (unpaired) electrons. The van der Waals surface area contributed by atoms with Gasteiger partial charge in [-0.1, -0.05) is 12.1 Å². The lowest BCUT2D eigenvalue weighted by molar-refractivity contribution is 0.0509. The molecule has 3 rings (SSSR count). The lowest BCUT2D eigenvalue weighted by Crippen LogP contribution is -2.49. The number of guanidine groups is 1. The molecule has 2 aliphatic heterocycles. The second-order valence-corrected chi connectivity index (χ2v) is 7.97. The van der Waals surface area contributed by atoms with Gasteiger partial charge in [0.1, 0.15) is 5.82 Å². The van der Waals surface area contributed by atoms with E-state index in [1.807, 2.05) is 19.2 Å². The number of benzene rings is 1. The van der Waals surface area contributed by atoms with Crippen molar-refractivity contribution in [3.8, 4) is 0 Å². The molecule has 1 N–H and O–H groups in total. The summed E-state index contributed by atoms with van der Waals surface area (Å²) in [5, 5.41) is 3.60. The minimum atomic E-state index is -0.199. The monoisotopic (exact) mass is 535 g/mol. The van der Waals surface area contributed by atoms with Crippen molar-refractivity contribution in [3.05, 3.63) is 35.6 Å². The molecule has 0 spiro atoms. The Bertz CT molecular complexity index is 654. The summed E-state index contributed by atoms with van der Waals surface area (Å²) >= 11 is 0. The van der Waals surface area contributed by atoms with Crippen LogP contribution in [0.15, 0.2) is 29.3 Å². The molecule has 2 saturated heterocycles. The van der Waals surface area contributed by atoms with Crippen molar-refractivity contribution in [2.45, 2.75) is 24.7 Å². The van der Waals surface area contributed by atoms with Crippen molar-refractivity contribution >= 4 is 29.9 Å². The third-order valence-electron chi connectivity index (χ3n) is 6.07. The Balaban J connectivity index is 0.00000320. The van der Waals surface area contributed by atoms with Crippen molar-refractivity contribution in [1.29, 1.82) is 0 Å². The maximum atomic E-state index is 13.4. The van der Waals surface area contributed by atoms with Gasteiger partial charge in [-0.2, -0.15) is 0 Å². The predicted molar refractivity (Wildman–Crippen MR) is 127 cm³/mol. The molecule has 6 nitrogen and oxygen atoms in total. The van der Waals surface area contributed by atoms with Crippen molar-refractivity contribution in [2.24, 2.45) is 10.9 Å². The maximum Gasteiger partial charge on any atom is 0.193 e. The summed E-state index contributed by atoms with van der Waals surface area (Å²) in [5.74, 6) is 1.24. The number of ether oxygens (including phenoxy) is 3. The molecule has 2 fully saturated rings. The highest BCUT2D eigenvalue weighted by Crippen LogP contribution is 2.34. The molecule has 1 unspecified atom stereocenters. The minimum absolute atomic E-state index is 0. The fraction of sp³-hybridized carbons (Fsp3) is 0.682. The molecule has 8 heteroatoms. The summed E-state index contributed by atoms with van der Waals surface area (Å²) in [6.45, 7) is 6.17. The van der Waals surface area contributed by atoms with Crippen molar-refractivity contribution in [2.75, 3.05) is 66.8 Å². The van der Waals surface area contributed by atoms with Gasteiger partial charge in [0.05, 0.1) is 19.8 Å². The molecule has 2 heterocycles. The van der Waals surface area contributed by atoms with Crippen LogP contribution < -0.4 is 5.32 Å². The zero-order chi connectivity index (χ0) is 20.5. The first kappa shape index (κ1) is 25.3. The van der Waals surface area contributed by atoms with Gasteiger partial charge in [0.25, 0.3) is 0 Å². The SMILES string of the molecule is CN=C(NCC1(c2ccc(F)cc2)CCOCC1)N1CCC(COCCOC)C1.I. The van der Waals surface area contributed by atoms with E-state index in [-0.39, 0.29) is 35.2 Å². The van der Waals surface area contributed by atoms with Crippen molar-refractivity contribution < 1.29 is 18.6 Å². The molecular weight excluding hydrogens is 500 g/mol. The van der Waals surface area contributed by atoms with E-state index in [9.17, 15) is 4.39 Å². The molecule has 1 aromatic carbocycles. The fourth-order valence-corrected chi connectivity index (χ4v) is 4.27. The van der Waals surface area contributed by atoms with Crippen molar-refractivity contribution in [1.82, 2.24) is 10.2 Å². The summed E-state index contributed by atoms with van der Waals surface area (Å²) in [6, 6.07) is 6.93. The number of methoxy groups -OCH3 is 1. The van der Waals surface area contributed by atoms with Gasteiger partial charge in [-0.15, -0.1) is 24.0 Å². The smallest absolute Gasteiger partial charge is 0.193 e. The van der Waals surface area contributed by atoms with Gasteiger partial charge in [0.2, 0.25) is 0 Å². The highest BCUT2D eigenvalue weighted by atomic mass is 127. The zero-order valence-electron chi connectivity index (χ0n) is 18.1. The van der Waals surface area contributed by atoms with E-state index in [4.69, 9.17) is 14.2 Å². The van der Waals surface area contributed by atoms with Gasteiger partial charge in [0, 0.05) is 58.3 Å². The topological polar surface area (TPSA) is 55.3 Å². The van der Waals surface area contributed by atoms with Crippen LogP contribution >= 0.6 is 24.0 Å². The largest absolute Gasteiger partial charge is 0.382 e. The molecule has 1 aromatic rings. The number of rotatable bonds is 8. The van der Waals surface area contributed by atoms with Crippen molar-refractivity contribution in [3.63, 3.8) is 0 Å². The molecule has 1 atom stereocenters. The van der Waals surface area contributed by atoms with E-state index in [1.54, 1.807) is 19.2 Å². The highest BCUT2D eigenvalue weighted by molar-refractivity contribution is 14.0. The quantitative estimate of drug-likeness (QED) is 0.240. The van der Waals surface area contributed by atoms with Crippen LogP contribution in [0.4, 0.5) is 4.39 Å². The number of aliphatic imine (C=N–C) groups is 1. The second-order valence-electron chi connectivity index (χ2n) is 7.97. The predicted octanol–water partition coefficient (Wildman–Crippen LogP) is 3.05. The number of nitrogens with zero attached hydrogens (tertiary/aromatic N) is 2. The summed E-state index contributed by atoms with van der Waals surface area (Å²) in [4.78, 5) is 6.82. The molecular formula is C22H35FIN3O3. The van der Waals surface area contributed by atoms with Crippen LogP contribution in [0, 0.1) is 11.7 Å². The Morgan fingerprint density at radius 2 is 2.00 bits per heavy atom. The van der Waals surface area contributed by atoms with Gasteiger partial charge in [-0.25, -0.2) is 4.39 Å². The zero-order valence-corrected chi connectivity index (χ0v) is 20.4. The Hall–Kier alpha value is -0.970. The first-order valence-corrected chi connectivity index (χ1v) is 10.5. The highest BCUT2D eigenvalue weighted by Gasteiger charge is 2.35. The summed E-state index contributed by atoms with van der Waals surface area (Å²) < 4.78 is 29.8. The lowest BCUT2D eigenvalue weighted by Gasteiger charge is -2.39. The Morgan fingerprint density at radius 3 is 2.67 bits per heavy atom. The van der Waals surface area contributed by atoms with Gasteiger partial charge in [-0.05, 0) is 37.0 Å². The number of likely N-dealkylation sites (tertiary alicyclic amines) is 1. The van der Waals surface area contributed by atoms with Gasteiger partial charge < -0.3 is 24.4 Å². The minimum Gasteiger partial charge on any atom is -0.382 e.